The van der Waals surface area contributed by atoms with Gasteiger partial charge in [-0.15, -0.1) is 0 Å². The highest BCUT2D eigenvalue weighted by molar-refractivity contribution is 6.32. The topological polar surface area (TPSA) is 50.7 Å². The van der Waals surface area contributed by atoms with E-state index < -0.39 is 0 Å². The highest BCUT2D eigenvalue weighted by Gasteiger charge is 2.00. The van der Waals surface area contributed by atoms with E-state index in [4.69, 9.17) is 23.2 Å². The van der Waals surface area contributed by atoms with Crippen LogP contribution in [-0.4, -0.2) is 15.0 Å². The van der Waals surface area contributed by atoms with Crippen LogP contribution in [-0.2, 0) is 6.54 Å². The largest absolute Gasteiger partial charge is 0.366 e. The molecule has 0 atom stereocenters. The SMILES string of the molecule is Clc1cc(NCc2ccncc2)nc(Cl)n1. The molecule has 0 amide bonds. The summed E-state index contributed by atoms with van der Waals surface area (Å²) in [5, 5.41) is 3.54. The highest BCUT2D eigenvalue weighted by atomic mass is 35.5. The zero-order chi connectivity index (χ0) is 11.4. The summed E-state index contributed by atoms with van der Waals surface area (Å²) in [5.74, 6) is 0.599. The van der Waals surface area contributed by atoms with Crippen molar-refractivity contribution in [2.75, 3.05) is 5.32 Å². The van der Waals surface area contributed by atoms with Gasteiger partial charge in [-0.25, -0.2) is 9.97 Å². The maximum Gasteiger partial charge on any atom is 0.225 e. The molecular formula is C10H8Cl2N4. The van der Waals surface area contributed by atoms with Crippen molar-refractivity contribution < 1.29 is 0 Å². The number of pyridine rings is 1. The number of nitrogens with zero attached hydrogens (tertiary/aromatic N) is 3. The monoisotopic (exact) mass is 254 g/mol. The van der Waals surface area contributed by atoms with Gasteiger partial charge in [-0.05, 0) is 29.3 Å². The van der Waals surface area contributed by atoms with Gasteiger partial charge in [-0.2, -0.15) is 0 Å². The normalized spacial score (nSPS) is 10.1. The molecule has 0 radical (unpaired) electrons. The van der Waals surface area contributed by atoms with Crippen LogP contribution in [0.2, 0.25) is 10.4 Å². The summed E-state index contributed by atoms with van der Waals surface area (Å²) in [4.78, 5) is 11.7. The molecule has 2 heterocycles. The molecule has 1 N–H and O–H groups in total. The summed E-state index contributed by atoms with van der Waals surface area (Å²) in [6, 6.07) is 5.45. The maximum absolute atomic E-state index is 5.75. The van der Waals surface area contributed by atoms with Crippen molar-refractivity contribution in [2.45, 2.75) is 6.54 Å². The molecule has 16 heavy (non-hydrogen) atoms. The molecule has 0 spiro atoms. The van der Waals surface area contributed by atoms with Crippen LogP contribution in [0.4, 0.5) is 5.82 Å². The predicted octanol–water partition coefficient (Wildman–Crippen LogP) is 2.79. The molecule has 2 aromatic heterocycles. The Kier molecular flexibility index (Phi) is 3.54. The predicted molar refractivity (Wildman–Crippen MR) is 63.6 cm³/mol. The number of aromatic nitrogens is 3. The Morgan fingerprint density at radius 1 is 1.12 bits per heavy atom. The van der Waals surface area contributed by atoms with E-state index in [-0.39, 0.29) is 5.28 Å². The Labute approximate surface area is 103 Å². The Balaban J connectivity index is 2.05. The first-order valence-corrected chi connectivity index (χ1v) is 5.32. The van der Waals surface area contributed by atoms with Gasteiger partial charge in [0.05, 0.1) is 0 Å². The van der Waals surface area contributed by atoms with E-state index in [0.717, 1.165) is 5.56 Å². The second-order valence-corrected chi connectivity index (χ2v) is 3.78. The average Bonchev–Trinajstić information content (AvgIpc) is 2.27. The fourth-order valence-corrected chi connectivity index (χ4v) is 1.58. The molecule has 2 aromatic rings. The maximum atomic E-state index is 5.75. The Morgan fingerprint density at radius 3 is 2.56 bits per heavy atom. The Hall–Kier alpha value is -1.39. The lowest BCUT2D eigenvalue weighted by Crippen LogP contribution is -2.02. The van der Waals surface area contributed by atoms with Gasteiger partial charge in [-0.3, -0.25) is 4.98 Å². The molecule has 4 nitrogen and oxygen atoms in total. The number of hydrogen-bond donors (Lipinski definition) is 1. The lowest BCUT2D eigenvalue weighted by molar-refractivity contribution is 1.07. The van der Waals surface area contributed by atoms with Crippen molar-refractivity contribution in [2.24, 2.45) is 0 Å². The average molecular weight is 255 g/mol. The van der Waals surface area contributed by atoms with E-state index in [1.807, 2.05) is 12.1 Å². The zero-order valence-electron chi connectivity index (χ0n) is 8.19. The number of nitrogens with one attached hydrogen (secondary N) is 1. The lowest BCUT2D eigenvalue weighted by atomic mass is 10.3. The first-order chi connectivity index (χ1) is 7.74. The third kappa shape index (κ3) is 3.05. The first-order valence-electron chi connectivity index (χ1n) is 4.57. The van der Waals surface area contributed by atoms with Gasteiger partial charge in [0.1, 0.15) is 11.0 Å². The van der Waals surface area contributed by atoms with Gasteiger partial charge in [0.2, 0.25) is 5.28 Å². The summed E-state index contributed by atoms with van der Waals surface area (Å²) in [7, 11) is 0. The van der Waals surface area contributed by atoms with Crippen molar-refractivity contribution >= 4 is 29.0 Å². The molecule has 0 saturated heterocycles. The van der Waals surface area contributed by atoms with Crippen molar-refractivity contribution in [3.8, 4) is 0 Å². The molecule has 82 valence electrons. The first kappa shape index (κ1) is 11.1. The fourth-order valence-electron chi connectivity index (χ4n) is 1.17. The number of hydrogen-bond acceptors (Lipinski definition) is 4. The van der Waals surface area contributed by atoms with Crippen LogP contribution >= 0.6 is 23.2 Å². The van der Waals surface area contributed by atoms with Crippen LogP contribution < -0.4 is 5.32 Å². The van der Waals surface area contributed by atoms with Crippen LogP contribution in [0.25, 0.3) is 0 Å². The summed E-state index contributed by atoms with van der Waals surface area (Å²) in [6.45, 7) is 0.631. The quantitative estimate of drug-likeness (QED) is 0.676. The van der Waals surface area contributed by atoms with Crippen molar-refractivity contribution in [1.82, 2.24) is 15.0 Å². The molecule has 0 fully saturated rings. The summed E-state index contributed by atoms with van der Waals surface area (Å²) in [5.41, 5.74) is 1.10. The molecule has 2 rings (SSSR count). The van der Waals surface area contributed by atoms with Crippen LogP contribution in [0.3, 0.4) is 0 Å². The molecule has 0 bridgehead atoms. The summed E-state index contributed by atoms with van der Waals surface area (Å²) >= 11 is 11.4. The van der Waals surface area contributed by atoms with E-state index >= 15 is 0 Å². The van der Waals surface area contributed by atoms with Gasteiger partial charge >= 0.3 is 0 Å². The molecule has 6 heteroatoms. The molecule has 0 unspecified atom stereocenters. The molecule has 0 aliphatic heterocycles. The molecule has 0 aliphatic carbocycles. The van der Waals surface area contributed by atoms with E-state index in [1.54, 1.807) is 18.5 Å². The lowest BCUT2D eigenvalue weighted by Gasteiger charge is -2.05. The van der Waals surface area contributed by atoms with Crippen molar-refractivity contribution in [3.63, 3.8) is 0 Å². The van der Waals surface area contributed by atoms with Gasteiger partial charge in [0, 0.05) is 25.0 Å². The van der Waals surface area contributed by atoms with Gasteiger partial charge in [0.25, 0.3) is 0 Å². The summed E-state index contributed by atoms with van der Waals surface area (Å²) in [6.07, 6.45) is 3.47. The number of rotatable bonds is 3. The minimum atomic E-state index is 0.129. The zero-order valence-corrected chi connectivity index (χ0v) is 9.70. The minimum Gasteiger partial charge on any atom is -0.366 e. The van der Waals surface area contributed by atoms with Crippen molar-refractivity contribution in [1.29, 1.82) is 0 Å². The van der Waals surface area contributed by atoms with Crippen LogP contribution in [0, 0.1) is 0 Å². The third-order valence-electron chi connectivity index (χ3n) is 1.89. The molecule has 0 aromatic carbocycles. The molecular weight excluding hydrogens is 247 g/mol. The second kappa shape index (κ2) is 5.09. The standard InChI is InChI=1S/C10H8Cl2N4/c11-8-5-9(16-10(12)15-8)14-6-7-1-3-13-4-2-7/h1-5H,6H2,(H,14,15,16). The van der Waals surface area contributed by atoms with Gasteiger partial charge < -0.3 is 5.32 Å². The van der Waals surface area contributed by atoms with Gasteiger partial charge in [-0.1, -0.05) is 11.6 Å². The molecule has 0 aliphatic rings. The Bertz CT molecular complexity index is 455. The second-order valence-electron chi connectivity index (χ2n) is 3.05. The molecule has 0 saturated carbocycles. The van der Waals surface area contributed by atoms with E-state index in [1.165, 1.54) is 0 Å². The van der Waals surface area contributed by atoms with Crippen LogP contribution in [0.1, 0.15) is 5.56 Å². The third-order valence-corrected chi connectivity index (χ3v) is 2.25. The Morgan fingerprint density at radius 2 is 1.88 bits per heavy atom. The smallest absolute Gasteiger partial charge is 0.225 e. The van der Waals surface area contributed by atoms with Crippen molar-refractivity contribution in [3.05, 3.63) is 46.6 Å². The minimum absolute atomic E-state index is 0.129. The van der Waals surface area contributed by atoms with E-state index in [9.17, 15) is 0 Å². The van der Waals surface area contributed by atoms with Crippen LogP contribution in [0.5, 0.6) is 0 Å². The summed E-state index contributed by atoms with van der Waals surface area (Å²) < 4.78 is 0. The highest BCUT2D eigenvalue weighted by Crippen LogP contribution is 2.14. The fraction of sp³-hybridized carbons (Fsp3) is 0.100. The van der Waals surface area contributed by atoms with E-state index in [2.05, 4.69) is 20.3 Å². The van der Waals surface area contributed by atoms with E-state index in [0.29, 0.717) is 17.5 Å². The number of halogens is 2. The van der Waals surface area contributed by atoms with Gasteiger partial charge in [0.15, 0.2) is 0 Å². The van der Waals surface area contributed by atoms with Crippen LogP contribution in [0.15, 0.2) is 30.6 Å². The number of anilines is 1.